The maximum atomic E-state index is 10.1. The van der Waals surface area contributed by atoms with Crippen molar-refractivity contribution in [2.75, 3.05) is 12.3 Å². The van der Waals surface area contributed by atoms with Crippen LogP contribution in [0.25, 0.3) is 0 Å². The zero-order chi connectivity index (χ0) is 14.4. The van der Waals surface area contributed by atoms with Crippen LogP contribution in [0.5, 0.6) is 5.75 Å². The van der Waals surface area contributed by atoms with Crippen molar-refractivity contribution in [2.45, 2.75) is 25.9 Å². The van der Waals surface area contributed by atoms with Gasteiger partial charge in [0, 0.05) is 11.3 Å². The lowest BCUT2D eigenvalue weighted by Crippen LogP contribution is -2.11. The minimum absolute atomic E-state index is 0.196. The molecule has 0 radical (unpaired) electrons. The van der Waals surface area contributed by atoms with E-state index in [0.717, 1.165) is 18.6 Å². The molecular weight excluding hydrogens is 250 g/mol. The van der Waals surface area contributed by atoms with E-state index in [1.54, 1.807) is 6.07 Å². The third-order valence-corrected chi connectivity index (χ3v) is 3.22. The Morgan fingerprint density at radius 1 is 1.10 bits per heavy atom. The molecule has 0 aliphatic heterocycles. The van der Waals surface area contributed by atoms with Crippen molar-refractivity contribution in [1.82, 2.24) is 0 Å². The molecule has 2 rings (SSSR count). The Bertz CT molecular complexity index is 537. The summed E-state index contributed by atoms with van der Waals surface area (Å²) in [7, 11) is 0. The van der Waals surface area contributed by atoms with Gasteiger partial charge in [-0.05, 0) is 30.2 Å². The Morgan fingerprint density at radius 3 is 2.45 bits per heavy atom. The van der Waals surface area contributed by atoms with Gasteiger partial charge < -0.3 is 15.6 Å². The summed E-state index contributed by atoms with van der Waals surface area (Å²) in [5.74, 6) is 0.762. The number of aliphatic hydroxyl groups is 1. The number of ether oxygens (including phenoxy) is 1. The van der Waals surface area contributed by atoms with Gasteiger partial charge >= 0.3 is 0 Å². The smallest absolute Gasteiger partial charge is 0.119 e. The van der Waals surface area contributed by atoms with Crippen LogP contribution in [-0.4, -0.2) is 11.7 Å². The molecular formula is C17H21NO2. The van der Waals surface area contributed by atoms with E-state index in [4.69, 9.17) is 10.5 Å². The molecule has 3 nitrogen and oxygen atoms in total. The van der Waals surface area contributed by atoms with E-state index in [1.807, 2.05) is 30.3 Å². The fraction of sp³-hybridized carbons (Fsp3) is 0.294. The van der Waals surface area contributed by atoms with Crippen LogP contribution in [-0.2, 0) is 6.42 Å². The van der Waals surface area contributed by atoms with Crippen molar-refractivity contribution in [3.63, 3.8) is 0 Å². The average Bonchev–Trinajstić information content (AvgIpc) is 2.47. The minimum atomic E-state index is -0.716. The van der Waals surface area contributed by atoms with Gasteiger partial charge in [0.05, 0.1) is 0 Å². The predicted molar refractivity (Wildman–Crippen MR) is 81.7 cm³/mol. The molecule has 0 fully saturated rings. The molecule has 3 heteroatoms. The highest BCUT2D eigenvalue weighted by Crippen LogP contribution is 2.21. The molecule has 0 aliphatic rings. The monoisotopic (exact) mass is 271 g/mol. The van der Waals surface area contributed by atoms with Crippen molar-refractivity contribution >= 4 is 5.69 Å². The molecule has 0 heterocycles. The minimum Gasteiger partial charge on any atom is -0.491 e. The molecule has 0 bridgehead atoms. The van der Waals surface area contributed by atoms with Crippen LogP contribution in [0.1, 0.15) is 30.6 Å². The number of nitrogens with two attached hydrogens (primary N) is 1. The number of hydrogen-bond acceptors (Lipinski definition) is 3. The second-order valence-corrected chi connectivity index (χ2v) is 4.85. The standard InChI is InChI=1S/C17H21NO2/c1-2-5-13-8-10-14(11-9-13)20-12-17(19)15-6-3-4-7-16(15)18/h3-4,6-11,17,19H,2,5,12,18H2,1H3. The normalized spacial score (nSPS) is 12.1. The second-order valence-electron chi connectivity index (χ2n) is 4.85. The molecule has 0 aliphatic carbocycles. The van der Waals surface area contributed by atoms with Crippen molar-refractivity contribution < 1.29 is 9.84 Å². The quantitative estimate of drug-likeness (QED) is 0.792. The van der Waals surface area contributed by atoms with Crippen molar-refractivity contribution in [3.8, 4) is 5.75 Å². The number of para-hydroxylation sites is 1. The third-order valence-electron chi connectivity index (χ3n) is 3.22. The summed E-state index contributed by atoms with van der Waals surface area (Å²) in [6.07, 6.45) is 1.49. The molecule has 1 atom stereocenters. The van der Waals surface area contributed by atoms with Gasteiger partial charge in [0.15, 0.2) is 0 Å². The van der Waals surface area contributed by atoms with Gasteiger partial charge in [0.25, 0.3) is 0 Å². The van der Waals surface area contributed by atoms with Crippen LogP contribution in [0.2, 0.25) is 0 Å². The second kappa shape index (κ2) is 6.96. The molecule has 0 saturated carbocycles. The number of nitrogen functional groups attached to an aromatic ring is 1. The van der Waals surface area contributed by atoms with E-state index in [9.17, 15) is 5.11 Å². The van der Waals surface area contributed by atoms with Gasteiger partial charge in [-0.15, -0.1) is 0 Å². The largest absolute Gasteiger partial charge is 0.491 e. The Balaban J connectivity index is 1.93. The Hall–Kier alpha value is -2.00. The van der Waals surface area contributed by atoms with Crippen LogP contribution in [0.3, 0.4) is 0 Å². The van der Waals surface area contributed by atoms with Crippen molar-refractivity contribution in [3.05, 3.63) is 59.7 Å². The maximum Gasteiger partial charge on any atom is 0.119 e. The van der Waals surface area contributed by atoms with Crippen LogP contribution in [0.15, 0.2) is 48.5 Å². The first-order chi connectivity index (χ1) is 9.70. The maximum absolute atomic E-state index is 10.1. The van der Waals surface area contributed by atoms with E-state index < -0.39 is 6.10 Å². The zero-order valence-electron chi connectivity index (χ0n) is 11.8. The van der Waals surface area contributed by atoms with Crippen LogP contribution >= 0.6 is 0 Å². The van der Waals surface area contributed by atoms with E-state index in [-0.39, 0.29) is 6.61 Å². The Labute approximate surface area is 120 Å². The molecule has 3 N–H and O–H groups in total. The van der Waals surface area contributed by atoms with Gasteiger partial charge in [-0.2, -0.15) is 0 Å². The summed E-state index contributed by atoms with van der Waals surface area (Å²) < 4.78 is 5.60. The molecule has 0 amide bonds. The van der Waals surface area contributed by atoms with Crippen molar-refractivity contribution in [2.24, 2.45) is 0 Å². The molecule has 0 aromatic heterocycles. The highest BCUT2D eigenvalue weighted by atomic mass is 16.5. The topological polar surface area (TPSA) is 55.5 Å². The first-order valence-corrected chi connectivity index (χ1v) is 6.95. The lowest BCUT2D eigenvalue weighted by Gasteiger charge is -2.14. The van der Waals surface area contributed by atoms with Gasteiger partial charge in [-0.3, -0.25) is 0 Å². The summed E-state index contributed by atoms with van der Waals surface area (Å²) in [5, 5.41) is 10.1. The summed E-state index contributed by atoms with van der Waals surface area (Å²) in [6.45, 7) is 2.35. The van der Waals surface area contributed by atoms with E-state index in [2.05, 4.69) is 19.1 Å². The predicted octanol–water partition coefficient (Wildman–Crippen LogP) is 3.33. The molecule has 20 heavy (non-hydrogen) atoms. The third kappa shape index (κ3) is 3.75. The van der Waals surface area contributed by atoms with Gasteiger partial charge in [-0.25, -0.2) is 0 Å². The Kier molecular flexibility index (Phi) is 5.02. The highest BCUT2D eigenvalue weighted by Gasteiger charge is 2.11. The first kappa shape index (κ1) is 14.4. The van der Waals surface area contributed by atoms with Gasteiger partial charge in [-0.1, -0.05) is 43.7 Å². The molecule has 0 spiro atoms. The van der Waals surface area contributed by atoms with E-state index in [1.165, 1.54) is 5.56 Å². The summed E-state index contributed by atoms with van der Waals surface area (Å²) in [5.41, 5.74) is 8.42. The highest BCUT2D eigenvalue weighted by molar-refractivity contribution is 5.47. The molecule has 2 aromatic rings. The average molecular weight is 271 g/mol. The summed E-state index contributed by atoms with van der Waals surface area (Å²) >= 11 is 0. The number of benzene rings is 2. The fourth-order valence-electron chi connectivity index (χ4n) is 2.12. The number of anilines is 1. The fourth-order valence-corrected chi connectivity index (χ4v) is 2.12. The van der Waals surface area contributed by atoms with Crippen LogP contribution in [0, 0.1) is 0 Å². The van der Waals surface area contributed by atoms with Crippen molar-refractivity contribution in [1.29, 1.82) is 0 Å². The SMILES string of the molecule is CCCc1ccc(OCC(O)c2ccccc2N)cc1. The van der Waals surface area contributed by atoms with Crippen LogP contribution < -0.4 is 10.5 Å². The number of aryl methyl sites for hydroxylation is 1. The lowest BCUT2D eigenvalue weighted by molar-refractivity contribution is 0.109. The van der Waals surface area contributed by atoms with Gasteiger partial charge in [0.2, 0.25) is 0 Å². The Morgan fingerprint density at radius 2 is 1.80 bits per heavy atom. The summed E-state index contributed by atoms with van der Waals surface area (Å²) in [6, 6.07) is 15.3. The van der Waals surface area contributed by atoms with E-state index in [0.29, 0.717) is 11.3 Å². The number of rotatable bonds is 6. The zero-order valence-corrected chi connectivity index (χ0v) is 11.8. The molecule has 2 aromatic carbocycles. The van der Waals surface area contributed by atoms with Gasteiger partial charge in [0.1, 0.15) is 18.5 Å². The molecule has 1 unspecified atom stereocenters. The lowest BCUT2D eigenvalue weighted by atomic mass is 10.1. The first-order valence-electron chi connectivity index (χ1n) is 6.95. The number of hydrogen-bond donors (Lipinski definition) is 2. The van der Waals surface area contributed by atoms with Crippen LogP contribution in [0.4, 0.5) is 5.69 Å². The molecule has 106 valence electrons. The summed E-state index contributed by atoms with van der Waals surface area (Å²) in [4.78, 5) is 0. The van der Waals surface area contributed by atoms with E-state index >= 15 is 0 Å². The molecule has 0 saturated heterocycles. The number of aliphatic hydroxyl groups excluding tert-OH is 1.